The molecular weight excluding hydrogens is 350 g/mol. The molecule has 27 heavy (non-hydrogen) atoms. The number of piperazine rings is 1. The highest BCUT2D eigenvalue weighted by Crippen LogP contribution is 2.27. The number of carbonyl (C=O) groups excluding carboxylic acids is 1. The number of nitro groups is 1. The van der Waals surface area contributed by atoms with E-state index < -0.39 is 10.9 Å². The first-order valence-corrected chi connectivity index (χ1v) is 8.27. The van der Waals surface area contributed by atoms with E-state index in [4.69, 9.17) is 0 Å². The van der Waals surface area contributed by atoms with Crippen LogP contribution in [0.15, 0.2) is 36.5 Å². The molecule has 0 bridgehead atoms. The van der Waals surface area contributed by atoms with Crippen LogP contribution in [-0.2, 0) is 4.74 Å². The summed E-state index contributed by atoms with van der Waals surface area (Å²) in [4.78, 5) is 30.8. The van der Waals surface area contributed by atoms with Crippen molar-refractivity contribution in [2.75, 3.05) is 43.1 Å². The highest BCUT2D eigenvalue weighted by atomic mass is 16.6. The Bertz CT molecular complexity index is 916. The highest BCUT2D eigenvalue weighted by Gasteiger charge is 2.25. The molecular formula is C18H17N5O4. The number of hydrogen-bond acceptors (Lipinski definition) is 8. The summed E-state index contributed by atoms with van der Waals surface area (Å²) in [5, 5.41) is 20.4. The lowest BCUT2D eigenvalue weighted by Gasteiger charge is -2.37. The zero-order valence-corrected chi connectivity index (χ0v) is 14.7. The first kappa shape index (κ1) is 18.1. The molecule has 9 heteroatoms. The Kier molecular flexibility index (Phi) is 5.17. The lowest BCUT2D eigenvalue weighted by atomic mass is 10.1. The van der Waals surface area contributed by atoms with Gasteiger partial charge in [-0.1, -0.05) is 0 Å². The molecule has 138 valence electrons. The van der Waals surface area contributed by atoms with Gasteiger partial charge in [0.1, 0.15) is 17.5 Å². The highest BCUT2D eigenvalue weighted by molar-refractivity contribution is 5.95. The van der Waals surface area contributed by atoms with Crippen LogP contribution in [0.25, 0.3) is 0 Å². The summed E-state index contributed by atoms with van der Waals surface area (Å²) in [7, 11) is 1.19. The molecule has 1 aromatic heterocycles. The van der Waals surface area contributed by atoms with Crippen molar-refractivity contribution < 1.29 is 14.5 Å². The zero-order valence-electron chi connectivity index (χ0n) is 14.7. The third-order valence-corrected chi connectivity index (χ3v) is 4.43. The van der Waals surface area contributed by atoms with Gasteiger partial charge in [0, 0.05) is 44.1 Å². The van der Waals surface area contributed by atoms with Gasteiger partial charge in [-0.3, -0.25) is 10.1 Å². The van der Waals surface area contributed by atoms with Crippen LogP contribution in [0.2, 0.25) is 0 Å². The maximum atomic E-state index is 11.9. The Hall–Kier alpha value is -3.67. The SMILES string of the molecule is COC(=O)c1cc(N2CCN(c3ncccc3C#N)CC2)ccc1[N+](=O)[O-]. The summed E-state index contributed by atoms with van der Waals surface area (Å²) in [6.07, 6.45) is 1.65. The van der Waals surface area contributed by atoms with Crippen molar-refractivity contribution in [3.05, 3.63) is 57.8 Å². The second-order valence-corrected chi connectivity index (χ2v) is 5.91. The van der Waals surface area contributed by atoms with Gasteiger partial charge in [-0.25, -0.2) is 9.78 Å². The summed E-state index contributed by atoms with van der Waals surface area (Å²) in [5.41, 5.74) is 0.881. The molecule has 2 aromatic rings. The standard InChI is InChI=1S/C18H17N5O4/c1-27-18(24)15-11-14(4-5-16(15)23(25)26)21-7-9-22(10-8-21)17-13(12-19)3-2-6-20-17/h2-6,11H,7-10H2,1H3. The number of carbonyl (C=O) groups is 1. The molecule has 2 heterocycles. The minimum atomic E-state index is -0.741. The number of benzene rings is 1. The maximum Gasteiger partial charge on any atom is 0.344 e. The topological polar surface area (TPSA) is 113 Å². The number of hydrogen-bond donors (Lipinski definition) is 0. The van der Waals surface area contributed by atoms with E-state index in [1.54, 1.807) is 24.4 Å². The van der Waals surface area contributed by atoms with Crippen LogP contribution < -0.4 is 9.80 Å². The molecule has 0 spiro atoms. The van der Waals surface area contributed by atoms with E-state index in [1.165, 1.54) is 19.2 Å². The van der Waals surface area contributed by atoms with Crippen LogP contribution in [0.5, 0.6) is 0 Å². The summed E-state index contributed by atoms with van der Waals surface area (Å²) in [6.45, 7) is 2.52. The lowest BCUT2D eigenvalue weighted by Crippen LogP contribution is -2.47. The molecule has 1 aromatic carbocycles. The molecule has 0 N–H and O–H groups in total. The van der Waals surface area contributed by atoms with E-state index in [0.717, 1.165) is 0 Å². The number of ether oxygens (including phenoxy) is 1. The van der Waals surface area contributed by atoms with Crippen molar-refractivity contribution >= 4 is 23.2 Å². The number of nitriles is 1. The van der Waals surface area contributed by atoms with Gasteiger partial charge in [-0.05, 0) is 24.3 Å². The number of anilines is 2. The summed E-state index contributed by atoms with van der Waals surface area (Å²) < 4.78 is 4.66. The van der Waals surface area contributed by atoms with Gasteiger partial charge in [0.05, 0.1) is 17.6 Å². The van der Waals surface area contributed by atoms with Crippen LogP contribution in [0.3, 0.4) is 0 Å². The van der Waals surface area contributed by atoms with E-state index in [0.29, 0.717) is 43.2 Å². The van der Waals surface area contributed by atoms with Crippen molar-refractivity contribution in [2.45, 2.75) is 0 Å². The van der Waals surface area contributed by atoms with Gasteiger partial charge in [0.2, 0.25) is 0 Å². The molecule has 0 saturated carbocycles. The van der Waals surface area contributed by atoms with Crippen LogP contribution >= 0.6 is 0 Å². The number of esters is 1. The Labute approximate surface area is 155 Å². The van der Waals surface area contributed by atoms with Crippen LogP contribution in [0.1, 0.15) is 15.9 Å². The second kappa shape index (κ2) is 7.70. The smallest absolute Gasteiger partial charge is 0.344 e. The molecule has 1 fully saturated rings. The molecule has 1 aliphatic rings. The van der Waals surface area contributed by atoms with Gasteiger partial charge in [0.15, 0.2) is 0 Å². The van der Waals surface area contributed by atoms with E-state index in [-0.39, 0.29) is 11.3 Å². The largest absolute Gasteiger partial charge is 0.465 e. The quantitative estimate of drug-likeness (QED) is 0.458. The first-order valence-electron chi connectivity index (χ1n) is 8.27. The molecule has 3 rings (SSSR count). The molecule has 0 atom stereocenters. The summed E-state index contributed by atoms with van der Waals surface area (Å²) in [5.74, 6) is -0.0899. The Balaban J connectivity index is 1.79. The van der Waals surface area contributed by atoms with Crippen molar-refractivity contribution in [3.8, 4) is 6.07 Å². The van der Waals surface area contributed by atoms with Gasteiger partial charge in [0.25, 0.3) is 5.69 Å². The zero-order chi connectivity index (χ0) is 19.4. The molecule has 0 aliphatic carbocycles. The fourth-order valence-electron chi connectivity index (χ4n) is 3.07. The fraction of sp³-hybridized carbons (Fsp3) is 0.278. The monoisotopic (exact) mass is 367 g/mol. The first-order chi connectivity index (χ1) is 13.0. The van der Waals surface area contributed by atoms with Crippen molar-refractivity contribution in [3.63, 3.8) is 0 Å². The number of aromatic nitrogens is 1. The van der Waals surface area contributed by atoms with Gasteiger partial charge < -0.3 is 14.5 Å². The second-order valence-electron chi connectivity index (χ2n) is 5.91. The summed E-state index contributed by atoms with van der Waals surface area (Å²) >= 11 is 0. The predicted octanol–water partition coefficient (Wildman–Crippen LogP) is 1.97. The maximum absolute atomic E-state index is 11.9. The molecule has 9 nitrogen and oxygen atoms in total. The van der Waals surface area contributed by atoms with E-state index in [9.17, 15) is 20.2 Å². The molecule has 1 aliphatic heterocycles. The Morgan fingerprint density at radius 3 is 2.59 bits per heavy atom. The summed E-state index contributed by atoms with van der Waals surface area (Å²) in [6, 6.07) is 10.0. The van der Waals surface area contributed by atoms with Crippen molar-refractivity contribution in [1.82, 2.24) is 4.98 Å². The number of nitrogens with zero attached hydrogens (tertiary/aromatic N) is 5. The average Bonchev–Trinajstić information content (AvgIpc) is 2.72. The lowest BCUT2D eigenvalue weighted by molar-refractivity contribution is -0.385. The fourth-order valence-corrected chi connectivity index (χ4v) is 3.07. The van der Waals surface area contributed by atoms with E-state index in [1.807, 2.05) is 9.80 Å². The van der Waals surface area contributed by atoms with Gasteiger partial charge in [-0.2, -0.15) is 5.26 Å². The van der Waals surface area contributed by atoms with Crippen LogP contribution in [-0.4, -0.2) is 49.2 Å². The molecule has 1 saturated heterocycles. The van der Waals surface area contributed by atoms with Crippen molar-refractivity contribution in [2.24, 2.45) is 0 Å². The normalized spacial score (nSPS) is 13.8. The van der Waals surface area contributed by atoms with Crippen molar-refractivity contribution in [1.29, 1.82) is 5.26 Å². The Morgan fingerprint density at radius 2 is 1.96 bits per heavy atom. The van der Waals surface area contributed by atoms with Gasteiger partial charge in [-0.15, -0.1) is 0 Å². The number of rotatable bonds is 4. The predicted molar refractivity (Wildman–Crippen MR) is 97.8 cm³/mol. The van der Waals surface area contributed by atoms with E-state index in [2.05, 4.69) is 15.8 Å². The number of pyridine rings is 1. The molecule has 0 amide bonds. The average molecular weight is 367 g/mol. The Morgan fingerprint density at radius 1 is 1.26 bits per heavy atom. The molecule has 0 unspecified atom stereocenters. The van der Waals surface area contributed by atoms with E-state index >= 15 is 0 Å². The third kappa shape index (κ3) is 3.64. The minimum Gasteiger partial charge on any atom is -0.465 e. The van der Waals surface area contributed by atoms with Crippen LogP contribution in [0.4, 0.5) is 17.2 Å². The molecule has 0 radical (unpaired) electrons. The van der Waals surface area contributed by atoms with Crippen LogP contribution in [0, 0.1) is 21.4 Å². The number of methoxy groups -OCH3 is 1. The number of nitro benzene ring substituents is 1. The minimum absolute atomic E-state index is 0.0704. The third-order valence-electron chi connectivity index (χ3n) is 4.43. The van der Waals surface area contributed by atoms with Gasteiger partial charge >= 0.3 is 5.97 Å².